The van der Waals surface area contributed by atoms with Crippen molar-refractivity contribution in [1.82, 2.24) is 14.9 Å². The zero-order valence-electron chi connectivity index (χ0n) is 21.4. The largest absolute Gasteiger partial charge is 0.495 e. The molecule has 0 saturated heterocycles. The molecule has 0 radical (unpaired) electrons. The summed E-state index contributed by atoms with van der Waals surface area (Å²) in [6.07, 6.45) is -0.118. The number of aliphatic hydroxyl groups is 1. The number of methoxy groups -OCH3 is 1. The lowest BCUT2D eigenvalue weighted by Gasteiger charge is -2.35. The van der Waals surface area contributed by atoms with Crippen molar-refractivity contribution in [3.63, 3.8) is 0 Å². The van der Waals surface area contributed by atoms with Crippen LogP contribution in [-0.4, -0.2) is 65.9 Å². The van der Waals surface area contributed by atoms with Gasteiger partial charge in [0.25, 0.3) is 5.91 Å². The molecule has 37 heavy (non-hydrogen) atoms. The highest BCUT2D eigenvalue weighted by atomic mass is 32.2. The molecule has 0 bridgehead atoms. The second kappa shape index (κ2) is 11.0. The van der Waals surface area contributed by atoms with Gasteiger partial charge in [-0.15, -0.1) is 0 Å². The minimum Gasteiger partial charge on any atom is -0.495 e. The molecule has 1 aliphatic rings. The zero-order valence-corrected chi connectivity index (χ0v) is 22.2. The van der Waals surface area contributed by atoms with Crippen LogP contribution in [0.5, 0.6) is 5.75 Å². The van der Waals surface area contributed by atoms with E-state index in [9.17, 15) is 31.5 Å². The van der Waals surface area contributed by atoms with Crippen molar-refractivity contribution in [1.29, 1.82) is 0 Å². The van der Waals surface area contributed by atoms with Crippen molar-refractivity contribution in [3.8, 4) is 11.4 Å². The number of carbonyl (C=O) groups excluding carboxylic acids is 1. The van der Waals surface area contributed by atoms with E-state index < -0.39 is 38.7 Å². The summed E-state index contributed by atoms with van der Waals surface area (Å²) in [5, 5.41) is 13.0. The Bertz CT molecular complexity index is 1220. The normalized spacial score (nSPS) is 21.5. The fourth-order valence-corrected chi connectivity index (χ4v) is 5.66. The van der Waals surface area contributed by atoms with E-state index in [0.29, 0.717) is 42.1 Å². The molecule has 3 rings (SSSR count). The van der Waals surface area contributed by atoms with Crippen LogP contribution < -0.4 is 10.1 Å². The van der Waals surface area contributed by atoms with Crippen molar-refractivity contribution < 1.29 is 36.2 Å². The molecule has 12 heteroatoms. The predicted octanol–water partition coefficient (Wildman–Crippen LogP) is 3.63. The number of sulfone groups is 1. The lowest BCUT2D eigenvalue weighted by atomic mass is 9.84. The van der Waals surface area contributed by atoms with Crippen molar-refractivity contribution in [2.24, 2.45) is 5.92 Å². The van der Waals surface area contributed by atoms with Crippen molar-refractivity contribution in [2.75, 3.05) is 19.9 Å². The predicted molar refractivity (Wildman–Crippen MR) is 133 cm³/mol. The van der Waals surface area contributed by atoms with Gasteiger partial charge in [0.2, 0.25) is 0 Å². The summed E-state index contributed by atoms with van der Waals surface area (Å²) in [7, 11) is -1.75. The van der Waals surface area contributed by atoms with Gasteiger partial charge in [0.05, 0.1) is 29.6 Å². The number of ether oxygens (including phenoxy) is 1. The Labute approximate surface area is 215 Å². The first-order valence-corrected chi connectivity index (χ1v) is 14.1. The molecule has 1 saturated carbocycles. The summed E-state index contributed by atoms with van der Waals surface area (Å²) in [6, 6.07) is 4.80. The van der Waals surface area contributed by atoms with Gasteiger partial charge in [0.15, 0.2) is 0 Å². The van der Waals surface area contributed by atoms with Gasteiger partial charge < -0.3 is 15.2 Å². The van der Waals surface area contributed by atoms with Gasteiger partial charge in [-0.2, -0.15) is 13.2 Å². The first kappa shape index (κ1) is 29.0. The number of amides is 1. The minimum absolute atomic E-state index is 0.0357. The van der Waals surface area contributed by atoms with E-state index in [1.807, 2.05) is 6.92 Å². The van der Waals surface area contributed by atoms with Crippen LogP contribution in [0.2, 0.25) is 0 Å². The molecule has 0 unspecified atom stereocenters. The SMILES string of the molecule is CCc1nc(C(=O)NCC2(O)CCC(S(C)(=O)=O)CC2)cn1-c1ccc(C[C@H](C)C(F)(F)F)cc1OC. The van der Waals surface area contributed by atoms with E-state index in [4.69, 9.17) is 4.74 Å². The van der Waals surface area contributed by atoms with Crippen molar-refractivity contribution >= 4 is 15.7 Å². The van der Waals surface area contributed by atoms with Crippen molar-refractivity contribution in [2.45, 2.75) is 69.4 Å². The maximum atomic E-state index is 13.0. The van der Waals surface area contributed by atoms with Crippen LogP contribution in [0.4, 0.5) is 13.2 Å². The number of nitrogens with one attached hydrogen (secondary N) is 1. The van der Waals surface area contributed by atoms with Gasteiger partial charge in [-0.25, -0.2) is 13.4 Å². The molecule has 2 aromatic rings. The van der Waals surface area contributed by atoms with Crippen LogP contribution in [0.25, 0.3) is 5.69 Å². The molecular weight excluding hydrogens is 511 g/mol. The monoisotopic (exact) mass is 545 g/mol. The first-order chi connectivity index (χ1) is 17.2. The summed E-state index contributed by atoms with van der Waals surface area (Å²) < 4.78 is 69.6. The van der Waals surface area contributed by atoms with Crippen LogP contribution in [0.15, 0.2) is 24.4 Å². The summed E-state index contributed by atoms with van der Waals surface area (Å²) in [6.45, 7) is 2.95. The molecule has 0 spiro atoms. The number of carbonyl (C=O) groups is 1. The van der Waals surface area contributed by atoms with Gasteiger partial charge in [-0.05, 0) is 49.8 Å². The molecule has 8 nitrogen and oxygen atoms in total. The van der Waals surface area contributed by atoms with E-state index in [1.165, 1.54) is 19.6 Å². The molecule has 1 aromatic heterocycles. The van der Waals surface area contributed by atoms with Gasteiger partial charge in [-0.3, -0.25) is 9.36 Å². The summed E-state index contributed by atoms with van der Waals surface area (Å²) >= 11 is 0. The van der Waals surface area contributed by atoms with E-state index in [2.05, 4.69) is 10.3 Å². The lowest BCUT2D eigenvalue weighted by molar-refractivity contribution is -0.169. The first-order valence-electron chi connectivity index (χ1n) is 12.2. The van der Waals surface area contributed by atoms with Crippen LogP contribution in [-0.2, 0) is 22.7 Å². The molecular formula is C25H34F3N3O5S. The Morgan fingerprint density at radius 3 is 2.51 bits per heavy atom. The maximum absolute atomic E-state index is 13.0. The Balaban J connectivity index is 1.75. The third-order valence-corrected chi connectivity index (χ3v) is 8.66. The van der Waals surface area contributed by atoms with E-state index in [0.717, 1.165) is 6.92 Å². The third kappa shape index (κ3) is 7.04. The molecule has 0 aliphatic heterocycles. The molecule has 1 aliphatic carbocycles. The van der Waals surface area contributed by atoms with E-state index in [-0.39, 0.29) is 31.5 Å². The third-order valence-electron chi connectivity index (χ3n) is 6.98. The number of hydrogen-bond donors (Lipinski definition) is 2. The number of imidazole rings is 1. The quantitative estimate of drug-likeness (QED) is 0.498. The molecule has 1 heterocycles. The highest BCUT2D eigenvalue weighted by Gasteiger charge is 2.37. The summed E-state index contributed by atoms with van der Waals surface area (Å²) in [4.78, 5) is 17.3. The van der Waals surface area contributed by atoms with E-state index in [1.54, 1.807) is 22.8 Å². The van der Waals surface area contributed by atoms with Crippen LogP contribution in [0.3, 0.4) is 0 Å². The Morgan fingerprint density at radius 2 is 1.97 bits per heavy atom. The lowest BCUT2D eigenvalue weighted by Crippen LogP contribution is -2.47. The highest BCUT2D eigenvalue weighted by molar-refractivity contribution is 7.91. The van der Waals surface area contributed by atoms with Gasteiger partial charge in [-0.1, -0.05) is 19.9 Å². The molecule has 1 atom stereocenters. The fraction of sp³-hybridized carbons (Fsp3) is 0.600. The fourth-order valence-electron chi connectivity index (χ4n) is 4.57. The molecule has 1 amide bonds. The Morgan fingerprint density at radius 1 is 1.32 bits per heavy atom. The van der Waals surface area contributed by atoms with Gasteiger partial charge >= 0.3 is 6.18 Å². The Kier molecular flexibility index (Phi) is 8.63. The van der Waals surface area contributed by atoms with Crippen LogP contribution in [0, 0.1) is 5.92 Å². The van der Waals surface area contributed by atoms with Crippen molar-refractivity contribution in [3.05, 3.63) is 41.5 Å². The van der Waals surface area contributed by atoms with Gasteiger partial charge in [0.1, 0.15) is 27.1 Å². The zero-order chi connectivity index (χ0) is 27.6. The smallest absolute Gasteiger partial charge is 0.391 e. The minimum atomic E-state index is -4.30. The second-order valence-electron chi connectivity index (χ2n) is 9.85. The summed E-state index contributed by atoms with van der Waals surface area (Å²) in [5.74, 6) is -1.11. The number of nitrogens with zero attached hydrogens (tertiary/aromatic N) is 2. The number of halogens is 3. The van der Waals surface area contributed by atoms with Gasteiger partial charge in [0, 0.05) is 25.4 Å². The number of rotatable bonds is 9. The maximum Gasteiger partial charge on any atom is 0.391 e. The number of aryl methyl sites for hydroxylation is 1. The topological polar surface area (TPSA) is 111 Å². The molecule has 1 aromatic carbocycles. The average molecular weight is 546 g/mol. The Hall–Kier alpha value is -2.60. The highest BCUT2D eigenvalue weighted by Crippen LogP contribution is 2.33. The standard InChI is InChI=1S/C25H34F3N3O5S/c1-5-22-30-19(23(32)29-15-24(33)10-8-18(9-11-24)37(4,34)35)14-31(22)20-7-6-17(13-21(20)36-3)12-16(2)25(26,27)28/h6-7,13-14,16,18,33H,5,8-12,15H2,1-4H3,(H,29,32)/t16-,18?,24?/m0/s1. The number of alkyl halides is 3. The number of benzene rings is 1. The van der Waals surface area contributed by atoms with Crippen LogP contribution >= 0.6 is 0 Å². The molecule has 2 N–H and O–H groups in total. The summed E-state index contributed by atoms with van der Waals surface area (Å²) in [5.41, 5.74) is -0.0749. The number of aromatic nitrogens is 2. The number of hydrogen-bond acceptors (Lipinski definition) is 6. The van der Waals surface area contributed by atoms with Crippen LogP contribution in [0.1, 0.15) is 61.4 Å². The molecule has 1 fully saturated rings. The average Bonchev–Trinajstić information content (AvgIpc) is 3.26. The second-order valence-corrected chi connectivity index (χ2v) is 12.2. The molecule has 206 valence electrons. The van der Waals surface area contributed by atoms with E-state index >= 15 is 0 Å².